The summed E-state index contributed by atoms with van der Waals surface area (Å²) < 4.78 is 0. The molecule has 0 bridgehead atoms. The topological polar surface area (TPSA) is 66.4 Å². The standard InChI is InChI=1S/C26H34N4O2/c1-18-21-10-11-22(31)30(17-12-19-8-6-5-7-9-19)24(21)28-23(27-18)20-13-15-29(16-14-20)25(32)26(2,3)4/h5-9,20H,10-17H2,1-4H3. The Bertz CT molecular complexity index is 989. The normalized spacial score (nSPS) is 17.4. The van der Waals surface area contributed by atoms with Crippen LogP contribution in [-0.4, -0.2) is 46.3 Å². The van der Waals surface area contributed by atoms with Crippen LogP contribution in [0.15, 0.2) is 30.3 Å². The van der Waals surface area contributed by atoms with Gasteiger partial charge >= 0.3 is 0 Å². The van der Waals surface area contributed by atoms with Crippen molar-refractivity contribution in [2.24, 2.45) is 5.41 Å². The lowest BCUT2D eigenvalue weighted by atomic mass is 9.90. The first kappa shape index (κ1) is 22.4. The third kappa shape index (κ3) is 4.69. The number of hydrogen-bond donors (Lipinski definition) is 0. The molecule has 6 nitrogen and oxygen atoms in total. The van der Waals surface area contributed by atoms with Crippen molar-refractivity contribution in [3.8, 4) is 0 Å². The molecule has 4 rings (SSSR count). The van der Waals surface area contributed by atoms with Gasteiger partial charge in [0.2, 0.25) is 11.8 Å². The highest BCUT2D eigenvalue weighted by molar-refractivity contribution is 5.95. The van der Waals surface area contributed by atoms with Crippen molar-refractivity contribution in [3.05, 3.63) is 53.0 Å². The fourth-order valence-electron chi connectivity index (χ4n) is 4.72. The van der Waals surface area contributed by atoms with Crippen molar-refractivity contribution >= 4 is 17.6 Å². The minimum Gasteiger partial charge on any atom is -0.342 e. The van der Waals surface area contributed by atoms with Gasteiger partial charge in [-0.1, -0.05) is 51.1 Å². The van der Waals surface area contributed by atoms with Crippen LogP contribution in [0.25, 0.3) is 0 Å². The monoisotopic (exact) mass is 434 g/mol. The summed E-state index contributed by atoms with van der Waals surface area (Å²) in [7, 11) is 0. The molecule has 6 heteroatoms. The number of aryl methyl sites for hydroxylation is 1. The molecule has 1 fully saturated rings. The van der Waals surface area contributed by atoms with Crippen molar-refractivity contribution in [1.82, 2.24) is 14.9 Å². The highest BCUT2D eigenvalue weighted by Crippen LogP contribution is 2.33. The average molecular weight is 435 g/mol. The van der Waals surface area contributed by atoms with Crippen molar-refractivity contribution in [2.45, 2.75) is 65.7 Å². The molecule has 1 saturated heterocycles. The second-order valence-corrected chi connectivity index (χ2v) is 10.1. The molecule has 3 heterocycles. The number of rotatable bonds is 4. The molecule has 1 aromatic carbocycles. The van der Waals surface area contributed by atoms with E-state index in [2.05, 4.69) is 12.1 Å². The number of nitrogens with zero attached hydrogens (tertiary/aromatic N) is 4. The lowest BCUT2D eigenvalue weighted by Crippen LogP contribution is -2.44. The van der Waals surface area contributed by atoms with Gasteiger partial charge in [0.25, 0.3) is 0 Å². The minimum atomic E-state index is -0.356. The van der Waals surface area contributed by atoms with Gasteiger partial charge in [-0.2, -0.15) is 0 Å². The number of carbonyl (C=O) groups excluding carboxylic acids is 2. The van der Waals surface area contributed by atoms with E-state index >= 15 is 0 Å². The molecule has 0 unspecified atom stereocenters. The number of benzene rings is 1. The molecule has 0 saturated carbocycles. The van der Waals surface area contributed by atoms with Crippen LogP contribution in [0.3, 0.4) is 0 Å². The Morgan fingerprint density at radius 2 is 1.75 bits per heavy atom. The second-order valence-electron chi connectivity index (χ2n) is 10.1. The van der Waals surface area contributed by atoms with E-state index in [0.29, 0.717) is 19.4 Å². The molecule has 0 spiro atoms. The number of aromatic nitrogens is 2. The number of carbonyl (C=O) groups is 2. The first-order valence-corrected chi connectivity index (χ1v) is 11.7. The van der Waals surface area contributed by atoms with E-state index in [1.54, 1.807) is 0 Å². The Morgan fingerprint density at radius 1 is 1.06 bits per heavy atom. The van der Waals surface area contributed by atoms with E-state index in [-0.39, 0.29) is 23.1 Å². The summed E-state index contributed by atoms with van der Waals surface area (Å²) >= 11 is 0. The largest absolute Gasteiger partial charge is 0.342 e. The molecule has 0 N–H and O–H groups in total. The lowest BCUT2D eigenvalue weighted by molar-refractivity contribution is -0.140. The minimum absolute atomic E-state index is 0.142. The summed E-state index contributed by atoms with van der Waals surface area (Å²) in [5.74, 6) is 2.19. The molecule has 170 valence electrons. The zero-order valence-electron chi connectivity index (χ0n) is 19.7. The maximum atomic E-state index is 12.8. The third-order valence-electron chi connectivity index (χ3n) is 6.61. The molecule has 0 radical (unpaired) electrons. The van der Waals surface area contributed by atoms with Crippen molar-refractivity contribution in [3.63, 3.8) is 0 Å². The zero-order chi connectivity index (χ0) is 22.9. The number of amides is 2. The molecule has 2 aromatic rings. The summed E-state index contributed by atoms with van der Waals surface area (Å²) in [5.41, 5.74) is 2.94. The van der Waals surface area contributed by atoms with Gasteiger partial charge in [0.05, 0.1) is 0 Å². The van der Waals surface area contributed by atoms with Gasteiger partial charge in [0.1, 0.15) is 11.6 Å². The highest BCUT2D eigenvalue weighted by atomic mass is 16.2. The van der Waals surface area contributed by atoms with Gasteiger partial charge in [-0.25, -0.2) is 9.97 Å². The van der Waals surface area contributed by atoms with Crippen LogP contribution in [0, 0.1) is 12.3 Å². The van der Waals surface area contributed by atoms with Crippen LogP contribution >= 0.6 is 0 Å². The predicted octanol–water partition coefficient (Wildman–Crippen LogP) is 4.06. The number of hydrogen-bond acceptors (Lipinski definition) is 4. The van der Waals surface area contributed by atoms with Crippen LogP contribution in [0.4, 0.5) is 5.82 Å². The predicted molar refractivity (Wildman–Crippen MR) is 126 cm³/mol. The maximum absolute atomic E-state index is 12.8. The number of fused-ring (bicyclic) bond motifs is 1. The van der Waals surface area contributed by atoms with E-state index in [9.17, 15) is 9.59 Å². The van der Waals surface area contributed by atoms with Crippen LogP contribution in [-0.2, 0) is 22.4 Å². The van der Waals surface area contributed by atoms with Gasteiger partial charge < -0.3 is 4.90 Å². The molecule has 2 aliphatic rings. The molecule has 0 aliphatic carbocycles. The molecule has 2 amide bonds. The SMILES string of the molecule is Cc1nc(C2CCN(C(=O)C(C)(C)C)CC2)nc2c1CCC(=O)N2CCc1ccccc1. The van der Waals surface area contributed by atoms with Crippen molar-refractivity contribution in [1.29, 1.82) is 0 Å². The molecular weight excluding hydrogens is 400 g/mol. The van der Waals surface area contributed by atoms with E-state index in [4.69, 9.17) is 9.97 Å². The summed E-state index contributed by atoms with van der Waals surface area (Å²) in [6.07, 6.45) is 3.74. The smallest absolute Gasteiger partial charge is 0.228 e. The van der Waals surface area contributed by atoms with Crippen LogP contribution in [0.1, 0.15) is 68.6 Å². The maximum Gasteiger partial charge on any atom is 0.228 e. The summed E-state index contributed by atoms with van der Waals surface area (Å²) in [6, 6.07) is 10.3. The van der Waals surface area contributed by atoms with E-state index < -0.39 is 0 Å². The van der Waals surface area contributed by atoms with E-state index in [1.165, 1.54) is 5.56 Å². The number of likely N-dealkylation sites (tertiary alicyclic amines) is 1. The fourth-order valence-corrected chi connectivity index (χ4v) is 4.72. The summed E-state index contributed by atoms with van der Waals surface area (Å²) in [4.78, 5) is 39.1. The molecule has 2 aliphatic heterocycles. The quantitative estimate of drug-likeness (QED) is 0.728. The molecular formula is C26H34N4O2. The molecule has 32 heavy (non-hydrogen) atoms. The van der Waals surface area contributed by atoms with Gasteiger partial charge in [-0.3, -0.25) is 14.5 Å². The Morgan fingerprint density at radius 3 is 2.41 bits per heavy atom. The first-order chi connectivity index (χ1) is 15.2. The number of anilines is 1. The summed E-state index contributed by atoms with van der Waals surface area (Å²) in [6.45, 7) is 10.0. The van der Waals surface area contributed by atoms with Crippen molar-refractivity contribution in [2.75, 3.05) is 24.5 Å². The lowest BCUT2D eigenvalue weighted by Gasteiger charge is -2.36. The van der Waals surface area contributed by atoms with Crippen LogP contribution in [0.5, 0.6) is 0 Å². The van der Waals surface area contributed by atoms with Crippen LogP contribution < -0.4 is 4.90 Å². The third-order valence-corrected chi connectivity index (χ3v) is 6.61. The van der Waals surface area contributed by atoms with Crippen molar-refractivity contribution < 1.29 is 9.59 Å². The van der Waals surface area contributed by atoms with Crippen LogP contribution in [0.2, 0.25) is 0 Å². The Hall–Kier alpha value is -2.76. The average Bonchev–Trinajstić information content (AvgIpc) is 2.78. The Kier molecular flexibility index (Phi) is 6.31. The second kappa shape index (κ2) is 9.00. The highest BCUT2D eigenvalue weighted by Gasteiger charge is 2.33. The summed E-state index contributed by atoms with van der Waals surface area (Å²) in [5, 5.41) is 0. The molecule has 0 atom stereocenters. The van der Waals surface area contributed by atoms with E-state index in [0.717, 1.165) is 55.3 Å². The van der Waals surface area contributed by atoms with Gasteiger partial charge in [0.15, 0.2) is 0 Å². The van der Waals surface area contributed by atoms with Gasteiger partial charge in [-0.15, -0.1) is 0 Å². The first-order valence-electron chi connectivity index (χ1n) is 11.7. The number of piperidine rings is 1. The van der Waals surface area contributed by atoms with Gasteiger partial charge in [-0.05, 0) is 38.2 Å². The Balaban J connectivity index is 1.52. The zero-order valence-corrected chi connectivity index (χ0v) is 19.7. The molecule has 1 aromatic heterocycles. The fraction of sp³-hybridized carbons (Fsp3) is 0.538. The van der Waals surface area contributed by atoms with Gasteiger partial charge in [0, 0.05) is 48.6 Å². The van der Waals surface area contributed by atoms with E-state index in [1.807, 2.05) is 55.7 Å². The Labute approximate surface area is 191 Å².